The molecule has 2 aliphatic rings. The van der Waals surface area contributed by atoms with Crippen molar-refractivity contribution in [2.75, 3.05) is 19.6 Å². The summed E-state index contributed by atoms with van der Waals surface area (Å²) in [7, 11) is -3.58. The maximum absolute atomic E-state index is 12.5. The van der Waals surface area contributed by atoms with Gasteiger partial charge in [0.25, 0.3) is 10.0 Å². The summed E-state index contributed by atoms with van der Waals surface area (Å²) in [5.41, 5.74) is 0.515. The predicted molar refractivity (Wildman–Crippen MR) is 86.8 cm³/mol. The largest absolute Gasteiger partial charge is 0.338 e. The number of benzene rings is 1. The van der Waals surface area contributed by atoms with Crippen LogP contribution in [-0.4, -0.2) is 56.8 Å². The Hall–Kier alpha value is -1.93. The minimum absolute atomic E-state index is 0.0885. The molecule has 8 heteroatoms. The lowest BCUT2D eigenvalue weighted by atomic mass is 10.2. The molecule has 3 rings (SSSR count). The van der Waals surface area contributed by atoms with E-state index in [1.54, 1.807) is 30.0 Å². The highest BCUT2D eigenvalue weighted by Crippen LogP contribution is 2.22. The van der Waals surface area contributed by atoms with Crippen LogP contribution < -0.4 is 10.0 Å². The summed E-state index contributed by atoms with van der Waals surface area (Å²) in [6, 6.07) is 6.25. The first kappa shape index (κ1) is 15.9. The summed E-state index contributed by atoms with van der Waals surface area (Å²) in [4.78, 5) is 18.8. The normalized spacial score (nSPS) is 25.7. The lowest BCUT2D eigenvalue weighted by Gasteiger charge is -2.32. The van der Waals surface area contributed by atoms with E-state index in [0.717, 1.165) is 6.54 Å². The fourth-order valence-corrected chi connectivity index (χ4v) is 4.11. The first-order valence-corrected chi connectivity index (χ1v) is 9.09. The van der Waals surface area contributed by atoms with Gasteiger partial charge in [0.1, 0.15) is 11.9 Å². The van der Waals surface area contributed by atoms with Crippen LogP contribution in [0.4, 0.5) is 0 Å². The van der Waals surface area contributed by atoms with Gasteiger partial charge in [-0.3, -0.25) is 14.5 Å². The minimum atomic E-state index is -3.58. The second-order valence-electron chi connectivity index (χ2n) is 5.89. The van der Waals surface area contributed by atoms with E-state index < -0.39 is 16.1 Å². The number of fused-ring (bicyclic) bond motifs is 1. The standard InChI is InChI=1S/C15H20N4O3S/c1-10-9-19(8-7-16-10)15(20)11(2)17-14-12-5-3-4-6-13(12)23(21,22)18-14/h3-6,10-11,16H,7-9H2,1-2H3,(H,17,18). The molecular formula is C15H20N4O3S. The third-order valence-corrected chi connectivity index (χ3v) is 5.42. The van der Waals surface area contributed by atoms with Gasteiger partial charge in [-0.2, -0.15) is 0 Å². The second-order valence-corrected chi connectivity index (χ2v) is 7.55. The number of nitrogens with zero attached hydrogens (tertiary/aromatic N) is 2. The van der Waals surface area contributed by atoms with E-state index in [0.29, 0.717) is 18.7 Å². The average Bonchev–Trinajstić information content (AvgIpc) is 2.78. The number of carbonyl (C=O) groups excluding carboxylic acids is 1. The molecule has 1 fully saturated rings. The minimum Gasteiger partial charge on any atom is -0.338 e. The van der Waals surface area contributed by atoms with Crippen molar-refractivity contribution >= 4 is 21.8 Å². The van der Waals surface area contributed by atoms with Crippen molar-refractivity contribution in [2.24, 2.45) is 4.99 Å². The lowest BCUT2D eigenvalue weighted by molar-refractivity contribution is -0.133. The van der Waals surface area contributed by atoms with E-state index in [1.807, 2.05) is 6.92 Å². The molecule has 0 bridgehead atoms. The zero-order valence-electron chi connectivity index (χ0n) is 13.1. The summed E-state index contributed by atoms with van der Waals surface area (Å²) in [5.74, 6) is 0.152. The molecule has 1 saturated heterocycles. The van der Waals surface area contributed by atoms with Gasteiger partial charge in [0, 0.05) is 31.2 Å². The molecule has 2 aliphatic heterocycles. The topological polar surface area (TPSA) is 90.9 Å². The Morgan fingerprint density at radius 3 is 2.87 bits per heavy atom. The molecule has 0 saturated carbocycles. The quantitative estimate of drug-likeness (QED) is 0.791. The Morgan fingerprint density at radius 1 is 1.39 bits per heavy atom. The second kappa shape index (κ2) is 5.93. The molecule has 2 N–H and O–H groups in total. The average molecular weight is 336 g/mol. The highest BCUT2D eigenvalue weighted by atomic mass is 32.2. The first-order chi connectivity index (χ1) is 10.9. The Morgan fingerprint density at radius 2 is 2.13 bits per heavy atom. The number of carbonyl (C=O) groups is 1. The van der Waals surface area contributed by atoms with Crippen molar-refractivity contribution in [3.63, 3.8) is 0 Å². The number of piperazine rings is 1. The van der Waals surface area contributed by atoms with Gasteiger partial charge in [0.15, 0.2) is 0 Å². The SMILES string of the molecule is CC1CN(C(=O)C(C)N=C2NS(=O)(=O)c3ccccc32)CCN1. The van der Waals surface area contributed by atoms with Gasteiger partial charge in [0.05, 0.1) is 4.90 Å². The number of hydrogen-bond donors (Lipinski definition) is 2. The van der Waals surface area contributed by atoms with Gasteiger partial charge in [-0.1, -0.05) is 12.1 Å². The van der Waals surface area contributed by atoms with Crippen molar-refractivity contribution in [2.45, 2.75) is 30.8 Å². The molecule has 1 aromatic carbocycles. The van der Waals surface area contributed by atoms with Crippen LogP contribution in [0.1, 0.15) is 19.4 Å². The monoisotopic (exact) mass is 336 g/mol. The van der Waals surface area contributed by atoms with E-state index in [2.05, 4.69) is 15.0 Å². The fourth-order valence-electron chi connectivity index (χ4n) is 2.88. The molecule has 2 atom stereocenters. The fraction of sp³-hybridized carbons (Fsp3) is 0.467. The number of sulfonamides is 1. The Balaban J connectivity index is 1.83. The maximum atomic E-state index is 12.5. The third kappa shape index (κ3) is 3.09. The third-order valence-electron chi connectivity index (χ3n) is 4.02. The molecule has 124 valence electrons. The van der Waals surface area contributed by atoms with E-state index in [-0.39, 0.29) is 22.7 Å². The van der Waals surface area contributed by atoms with Crippen LogP contribution in [0.25, 0.3) is 0 Å². The molecule has 0 radical (unpaired) electrons. The van der Waals surface area contributed by atoms with Crippen LogP contribution in [-0.2, 0) is 14.8 Å². The number of aliphatic imine (C=N–C) groups is 1. The molecule has 1 aromatic rings. The number of amidine groups is 1. The van der Waals surface area contributed by atoms with Gasteiger partial charge >= 0.3 is 0 Å². The van der Waals surface area contributed by atoms with E-state index in [1.165, 1.54) is 6.07 Å². The Bertz CT molecular complexity index is 760. The summed E-state index contributed by atoms with van der Waals surface area (Å²) < 4.78 is 26.6. The smallest absolute Gasteiger partial charge is 0.263 e. The predicted octanol–water partition coefficient (Wildman–Crippen LogP) is -0.0661. The Kier molecular flexibility index (Phi) is 4.11. The van der Waals surface area contributed by atoms with Gasteiger partial charge in [-0.15, -0.1) is 0 Å². The highest BCUT2D eigenvalue weighted by molar-refractivity contribution is 7.90. The summed E-state index contributed by atoms with van der Waals surface area (Å²) in [6.07, 6.45) is 0. The van der Waals surface area contributed by atoms with Gasteiger partial charge in [0.2, 0.25) is 5.91 Å². The van der Waals surface area contributed by atoms with Gasteiger partial charge in [-0.05, 0) is 26.0 Å². The number of nitrogens with one attached hydrogen (secondary N) is 2. The molecule has 23 heavy (non-hydrogen) atoms. The van der Waals surface area contributed by atoms with Crippen LogP contribution >= 0.6 is 0 Å². The molecule has 0 aromatic heterocycles. The maximum Gasteiger partial charge on any atom is 0.263 e. The molecular weight excluding hydrogens is 316 g/mol. The van der Waals surface area contributed by atoms with Crippen LogP contribution in [0.5, 0.6) is 0 Å². The van der Waals surface area contributed by atoms with E-state index in [9.17, 15) is 13.2 Å². The number of amides is 1. The summed E-state index contributed by atoms with van der Waals surface area (Å²) in [6.45, 7) is 5.75. The van der Waals surface area contributed by atoms with Crippen LogP contribution in [0.15, 0.2) is 34.2 Å². The first-order valence-electron chi connectivity index (χ1n) is 7.60. The zero-order valence-corrected chi connectivity index (χ0v) is 13.9. The Labute approximate surface area is 135 Å². The number of rotatable bonds is 2. The molecule has 2 unspecified atom stereocenters. The van der Waals surface area contributed by atoms with Gasteiger partial charge in [-0.25, -0.2) is 8.42 Å². The van der Waals surface area contributed by atoms with Crippen molar-refractivity contribution in [1.29, 1.82) is 0 Å². The van der Waals surface area contributed by atoms with Crippen LogP contribution in [0.3, 0.4) is 0 Å². The van der Waals surface area contributed by atoms with Crippen molar-refractivity contribution in [3.05, 3.63) is 29.8 Å². The van der Waals surface area contributed by atoms with E-state index >= 15 is 0 Å². The van der Waals surface area contributed by atoms with E-state index in [4.69, 9.17) is 0 Å². The molecule has 2 heterocycles. The summed E-state index contributed by atoms with van der Waals surface area (Å²) >= 11 is 0. The van der Waals surface area contributed by atoms with Crippen LogP contribution in [0, 0.1) is 0 Å². The molecule has 0 spiro atoms. The van der Waals surface area contributed by atoms with Crippen molar-refractivity contribution in [3.8, 4) is 0 Å². The van der Waals surface area contributed by atoms with Crippen molar-refractivity contribution in [1.82, 2.24) is 14.9 Å². The molecule has 1 amide bonds. The lowest BCUT2D eigenvalue weighted by Crippen LogP contribution is -2.53. The number of hydrogen-bond acceptors (Lipinski definition) is 5. The van der Waals surface area contributed by atoms with Crippen molar-refractivity contribution < 1.29 is 13.2 Å². The van der Waals surface area contributed by atoms with Crippen LogP contribution in [0.2, 0.25) is 0 Å². The molecule has 7 nitrogen and oxygen atoms in total. The summed E-state index contributed by atoms with van der Waals surface area (Å²) in [5, 5.41) is 3.28. The highest BCUT2D eigenvalue weighted by Gasteiger charge is 2.32. The van der Waals surface area contributed by atoms with Gasteiger partial charge < -0.3 is 10.2 Å². The molecule has 0 aliphatic carbocycles. The zero-order chi connectivity index (χ0) is 16.6.